The maximum atomic E-state index is 13.2. The fourth-order valence-corrected chi connectivity index (χ4v) is 5.47. The highest BCUT2D eigenvalue weighted by Crippen LogP contribution is 2.23. The molecule has 1 amide bonds. The topological polar surface area (TPSA) is 60.9 Å². The molecular formula is C23H30FN3O3S. The second-order valence-corrected chi connectivity index (χ2v) is 10.1. The van der Waals surface area contributed by atoms with Gasteiger partial charge >= 0.3 is 0 Å². The van der Waals surface area contributed by atoms with Crippen molar-refractivity contribution < 1.29 is 17.6 Å². The van der Waals surface area contributed by atoms with Crippen molar-refractivity contribution in [2.45, 2.75) is 31.7 Å². The van der Waals surface area contributed by atoms with Gasteiger partial charge in [-0.1, -0.05) is 24.3 Å². The van der Waals surface area contributed by atoms with Crippen LogP contribution in [-0.2, 0) is 14.8 Å². The lowest BCUT2D eigenvalue weighted by Crippen LogP contribution is -2.51. The van der Waals surface area contributed by atoms with E-state index >= 15 is 0 Å². The Kier molecular flexibility index (Phi) is 7.13. The number of aryl methyl sites for hydroxylation is 2. The molecule has 6 nitrogen and oxygen atoms in total. The molecule has 0 radical (unpaired) electrons. The molecule has 168 valence electrons. The van der Waals surface area contributed by atoms with E-state index < -0.39 is 10.0 Å². The Hall–Kier alpha value is -2.29. The van der Waals surface area contributed by atoms with Crippen molar-refractivity contribution >= 4 is 15.9 Å². The molecule has 1 atom stereocenters. The number of hydrogen-bond donors (Lipinski definition) is 0. The fraction of sp³-hybridized carbons (Fsp3) is 0.435. The van der Waals surface area contributed by atoms with Gasteiger partial charge in [0.25, 0.3) is 0 Å². The molecule has 0 aliphatic carbocycles. The van der Waals surface area contributed by atoms with Gasteiger partial charge in [0.05, 0.1) is 17.5 Å². The molecule has 1 unspecified atom stereocenters. The fourth-order valence-electron chi connectivity index (χ4n) is 3.74. The molecule has 1 aliphatic heterocycles. The van der Waals surface area contributed by atoms with E-state index in [9.17, 15) is 17.6 Å². The van der Waals surface area contributed by atoms with Gasteiger partial charge < -0.3 is 4.90 Å². The number of amides is 1. The van der Waals surface area contributed by atoms with Gasteiger partial charge in [0.15, 0.2) is 0 Å². The second kappa shape index (κ2) is 9.46. The number of sulfonamides is 1. The van der Waals surface area contributed by atoms with Crippen LogP contribution in [-0.4, -0.2) is 68.2 Å². The first-order valence-corrected chi connectivity index (χ1v) is 11.8. The molecule has 2 aromatic rings. The summed E-state index contributed by atoms with van der Waals surface area (Å²) in [6, 6.07) is 11.4. The second-order valence-electron chi connectivity index (χ2n) is 8.18. The number of carbonyl (C=O) groups excluding carboxylic acids is 1. The smallest absolute Gasteiger partial charge is 0.243 e. The Labute approximate surface area is 184 Å². The predicted octanol–water partition coefficient (Wildman–Crippen LogP) is 2.97. The van der Waals surface area contributed by atoms with Crippen LogP contribution in [0.1, 0.15) is 29.7 Å². The normalized spacial score (nSPS) is 16.8. The van der Waals surface area contributed by atoms with Crippen LogP contribution in [0.25, 0.3) is 0 Å². The maximum Gasteiger partial charge on any atom is 0.243 e. The summed E-state index contributed by atoms with van der Waals surface area (Å²) in [4.78, 5) is 16.7. The summed E-state index contributed by atoms with van der Waals surface area (Å²) < 4.78 is 40.8. The van der Waals surface area contributed by atoms with Crippen LogP contribution in [0.2, 0.25) is 0 Å². The summed E-state index contributed by atoms with van der Waals surface area (Å²) in [5.41, 5.74) is 2.51. The molecule has 1 fully saturated rings. The van der Waals surface area contributed by atoms with E-state index in [-0.39, 0.29) is 24.3 Å². The number of piperazine rings is 1. The van der Waals surface area contributed by atoms with Gasteiger partial charge in [-0.25, -0.2) is 12.8 Å². The maximum absolute atomic E-state index is 13.2. The molecule has 31 heavy (non-hydrogen) atoms. The quantitative estimate of drug-likeness (QED) is 0.683. The molecule has 8 heteroatoms. The first-order chi connectivity index (χ1) is 14.6. The van der Waals surface area contributed by atoms with E-state index in [4.69, 9.17) is 0 Å². The van der Waals surface area contributed by atoms with E-state index in [2.05, 4.69) is 0 Å². The molecule has 0 bridgehead atoms. The standard InChI is InChI=1S/C23H30FN3O3S/c1-17-5-6-18(2)22(15-17)31(29,30)27-13-11-26(12-14-27)16-23(28)25(4)19(3)20-7-9-21(24)10-8-20/h5-10,15,19H,11-14,16H2,1-4H3. The van der Waals surface area contributed by atoms with E-state index in [0.29, 0.717) is 31.1 Å². The molecule has 2 aromatic carbocycles. The Morgan fingerprint density at radius 3 is 2.29 bits per heavy atom. The van der Waals surface area contributed by atoms with Gasteiger partial charge in [0, 0.05) is 33.2 Å². The van der Waals surface area contributed by atoms with Crippen molar-refractivity contribution in [2.75, 3.05) is 39.8 Å². The van der Waals surface area contributed by atoms with Crippen LogP contribution in [0.5, 0.6) is 0 Å². The summed E-state index contributed by atoms with van der Waals surface area (Å²) in [7, 11) is -1.82. The molecule has 1 aliphatic rings. The average molecular weight is 448 g/mol. The van der Waals surface area contributed by atoms with Crippen molar-refractivity contribution in [3.8, 4) is 0 Å². The minimum Gasteiger partial charge on any atom is -0.338 e. The van der Waals surface area contributed by atoms with Gasteiger partial charge in [0.1, 0.15) is 5.82 Å². The lowest BCUT2D eigenvalue weighted by molar-refractivity contribution is -0.133. The molecule has 1 saturated heterocycles. The highest BCUT2D eigenvalue weighted by Gasteiger charge is 2.31. The average Bonchev–Trinajstić information content (AvgIpc) is 2.75. The van der Waals surface area contributed by atoms with Crippen LogP contribution >= 0.6 is 0 Å². The molecule has 0 saturated carbocycles. The first kappa shape index (κ1) is 23.4. The zero-order valence-electron chi connectivity index (χ0n) is 18.5. The first-order valence-electron chi connectivity index (χ1n) is 10.4. The molecular weight excluding hydrogens is 417 g/mol. The third-order valence-electron chi connectivity index (χ3n) is 5.98. The van der Waals surface area contributed by atoms with Crippen molar-refractivity contribution in [3.05, 3.63) is 65.0 Å². The van der Waals surface area contributed by atoms with E-state index in [1.165, 1.54) is 16.4 Å². The van der Waals surface area contributed by atoms with Gasteiger partial charge in [0.2, 0.25) is 15.9 Å². The number of hydrogen-bond acceptors (Lipinski definition) is 4. The SMILES string of the molecule is Cc1ccc(C)c(S(=O)(=O)N2CCN(CC(=O)N(C)C(C)c3ccc(F)cc3)CC2)c1. The molecule has 0 spiro atoms. The third-order valence-corrected chi connectivity index (χ3v) is 8.02. The van der Waals surface area contributed by atoms with Crippen molar-refractivity contribution in [2.24, 2.45) is 0 Å². The lowest BCUT2D eigenvalue weighted by atomic mass is 10.1. The van der Waals surface area contributed by atoms with Crippen LogP contribution in [0.15, 0.2) is 47.4 Å². The Bertz CT molecular complexity index is 1030. The summed E-state index contributed by atoms with van der Waals surface area (Å²) >= 11 is 0. The minimum atomic E-state index is -3.56. The van der Waals surface area contributed by atoms with Crippen LogP contribution < -0.4 is 0 Å². The highest BCUT2D eigenvalue weighted by atomic mass is 32.2. The predicted molar refractivity (Wildman–Crippen MR) is 119 cm³/mol. The van der Waals surface area contributed by atoms with Crippen molar-refractivity contribution in [3.63, 3.8) is 0 Å². The summed E-state index contributed by atoms with van der Waals surface area (Å²) in [5, 5.41) is 0. The van der Waals surface area contributed by atoms with E-state index in [1.54, 1.807) is 37.1 Å². The largest absolute Gasteiger partial charge is 0.338 e. The van der Waals surface area contributed by atoms with Gasteiger partial charge in [-0.3, -0.25) is 9.69 Å². The highest BCUT2D eigenvalue weighted by molar-refractivity contribution is 7.89. The van der Waals surface area contributed by atoms with E-state index in [0.717, 1.165) is 16.7 Å². The zero-order valence-corrected chi connectivity index (χ0v) is 19.3. The van der Waals surface area contributed by atoms with Gasteiger partial charge in [-0.05, 0) is 55.7 Å². The van der Waals surface area contributed by atoms with Crippen LogP contribution in [0.4, 0.5) is 4.39 Å². The summed E-state index contributed by atoms with van der Waals surface area (Å²) in [6.45, 7) is 7.49. The molecule has 1 heterocycles. The number of carbonyl (C=O) groups is 1. The van der Waals surface area contributed by atoms with Crippen molar-refractivity contribution in [1.29, 1.82) is 0 Å². The summed E-state index contributed by atoms with van der Waals surface area (Å²) in [6.07, 6.45) is 0. The van der Waals surface area contributed by atoms with E-state index in [1.807, 2.05) is 30.9 Å². The molecule has 0 N–H and O–H groups in total. The number of likely N-dealkylation sites (N-methyl/N-ethyl adjacent to an activating group) is 1. The lowest BCUT2D eigenvalue weighted by Gasteiger charge is -2.35. The van der Waals surface area contributed by atoms with Crippen LogP contribution in [0.3, 0.4) is 0 Å². The number of benzene rings is 2. The number of nitrogens with zero attached hydrogens (tertiary/aromatic N) is 3. The number of halogens is 1. The zero-order chi connectivity index (χ0) is 22.8. The Balaban J connectivity index is 1.58. The Morgan fingerprint density at radius 2 is 1.68 bits per heavy atom. The molecule has 0 aromatic heterocycles. The third kappa shape index (κ3) is 5.31. The Morgan fingerprint density at radius 1 is 1.06 bits per heavy atom. The molecule has 3 rings (SSSR count). The van der Waals surface area contributed by atoms with Gasteiger partial charge in [-0.15, -0.1) is 0 Å². The van der Waals surface area contributed by atoms with Crippen LogP contribution in [0, 0.1) is 19.7 Å². The number of rotatable bonds is 6. The summed E-state index contributed by atoms with van der Waals surface area (Å²) in [5.74, 6) is -0.360. The monoisotopic (exact) mass is 447 g/mol. The van der Waals surface area contributed by atoms with Crippen molar-refractivity contribution in [1.82, 2.24) is 14.1 Å². The van der Waals surface area contributed by atoms with Gasteiger partial charge in [-0.2, -0.15) is 4.31 Å². The minimum absolute atomic E-state index is 0.0531.